The SMILES string of the molecule is CNC1C2C(CCC1(C)O)C(C)(NC)CCC2C1(C)CCC(C(C)(C)NC)O1. The molecule has 0 spiro atoms. The number of aliphatic hydroxyl groups is 1. The van der Waals surface area contributed by atoms with Crippen LogP contribution in [0.2, 0.25) is 0 Å². The van der Waals surface area contributed by atoms with Gasteiger partial charge in [-0.1, -0.05) is 0 Å². The zero-order valence-corrected chi connectivity index (χ0v) is 19.5. The molecule has 164 valence electrons. The third-order valence-electron chi connectivity index (χ3n) is 9.17. The molecule has 1 heterocycles. The van der Waals surface area contributed by atoms with Crippen LogP contribution in [0.3, 0.4) is 0 Å². The molecule has 5 heteroatoms. The summed E-state index contributed by atoms with van der Waals surface area (Å²) in [7, 11) is 6.16. The molecule has 3 aliphatic rings. The topological polar surface area (TPSA) is 65.5 Å². The van der Waals surface area contributed by atoms with Gasteiger partial charge in [-0.15, -0.1) is 0 Å². The molecular formula is C23H45N3O2. The van der Waals surface area contributed by atoms with Gasteiger partial charge in [0.25, 0.3) is 0 Å². The van der Waals surface area contributed by atoms with Crippen LogP contribution in [0, 0.1) is 17.8 Å². The predicted octanol–water partition coefficient (Wildman–Crippen LogP) is 2.68. The molecule has 0 aromatic carbocycles. The Bertz CT molecular complexity index is 566. The van der Waals surface area contributed by atoms with E-state index in [1.165, 1.54) is 6.42 Å². The van der Waals surface area contributed by atoms with E-state index in [0.29, 0.717) is 17.8 Å². The number of likely N-dealkylation sites (N-methyl/N-ethyl adjacent to an activating group) is 2. The molecule has 2 aliphatic carbocycles. The van der Waals surface area contributed by atoms with Crippen LogP contribution in [0.15, 0.2) is 0 Å². The number of hydrogen-bond donors (Lipinski definition) is 4. The normalized spacial score (nSPS) is 49.8. The van der Waals surface area contributed by atoms with Crippen molar-refractivity contribution in [1.29, 1.82) is 0 Å². The number of rotatable bonds is 5. The lowest BCUT2D eigenvalue weighted by Gasteiger charge is -2.60. The summed E-state index contributed by atoms with van der Waals surface area (Å²) in [5.74, 6) is 1.41. The first-order valence-corrected chi connectivity index (χ1v) is 11.4. The summed E-state index contributed by atoms with van der Waals surface area (Å²) in [6.07, 6.45) is 6.69. The Morgan fingerprint density at radius 2 is 1.57 bits per heavy atom. The number of hydrogen-bond acceptors (Lipinski definition) is 5. The van der Waals surface area contributed by atoms with E-state index >= 15 is 0 Å². The Morgan fingerprint density at radius 1 is 0.929 bits per heavy atom. The van der Waals surface area contributed by atoms with Gasteiger partial charge in [0.05, 0.1) is 17.3 Å². The molecule has 0 bridgehead atoms. The van der Waals surface area contributed by atoms with Gasteiger partial charge in [-0.05, 0) is 112 Å². The van der Waals surface area contributed by atoms with Crippen LogP contribution in [0.4, 0.5) is 0 Å². The smallest absolute Gasteiger partial charge is 0.0775 e. The largest absolute Gasteiger partial charge is 0.389 e. The maximum Gasteiger partial charge on any atom is 0.0775 e. The van der Waals surface area contributed by atoms with Crippen molar-refractivity contribution in [2.45, 2.75) is 108 Å². The van der Waals surface area contributed by atoms with Crippen LogP contribution in [0.5, 0.6) is 0 Å². The summed E-state index contributed by atoms with van der Waals surface area (Å²) in [5.41, 5.74) is -0.685. The highest BCUT2D eigenvalue weighted by molar-refractivity contribution is 5.14. The van der Waals surface area contributed by atoms with E-state index < -0.39 is 5.60 Å². The molecule has 1 aliphatic heterocycles. The van der Waals surface area contributed by atoms with Gasteiger partial charge in [0.2, 0.25) is 0 Å². The van der Waals surface area contributed by atoms with Gasteiger partial charge in [-0.25, -0.2) is 0 Å². The molecule has 0 amide bonds. The van der Waals surface area contributed by atoms with Crippen LogP contribution >= 0.6 is 0 Å². The van der Waals surface area contributed by atoms with E-state index in [0.717, 1.165) is 32.1 Å². The van der Waals surface area contributed by atoms with Crippen molar-refractivity contribution in [3.05, 3.63) is 0 Å². The number of ether oxygens (including phenoxy) is 1. The summed E-state index contributed by atoms with van der Waals surface area (Å²) in [6, 6.07) is 0.0982. The minimum atomic E-state index is -0.668. The third kappa shape index (κ3) is 3.56. The zero-order chi connectivity index (χ0) is 21.0. The monoisotopic (exact) mass is 395 g/mol. The second kappa shape index (κ2) is 7.49. The fourth-order valence-electron chi connectivity index (χ4n) is 6.86. The fraction of sp³-hybridized carbons (Fsp3) is 1.00. The number of nitrogens with one attached hydrogen (secondary N) is 3. The van der Waals surface area contributed by atoms with Crippen molar-refractivity contribution in [3.63, 3.8) is 0 Å². The summed E-state index contributed by atoms with van der Waals surface area (Å²) >= 11 is 0. The first-order chi connectivity index (χ1) is 12.9. The summed E-state index contributed by atoms with van der Waals surface area (Å²) < 4.78 is 6.86. The molecule has 0 aromatic rings. The van der Waals surface area contributed by atoms with Gasteiger partial charge in [-0.2, -0.15) is 0 Å². The van der Waals surface area contributed by atoms with Gasteiger partial charge in [0.15, 0.2) is 0 Å². The molecule has 1 saturated heterocycles. The van der Waals surface area contributed by atoms with Crippen molar-refractivity contribution >= 4 is 0 Å². The highest BCUT2D eigenvalue weighted by Crippen LogP contribution is 2.56. The summed E-state index contributed by atoms with van der Waals surface area (Å²) in [5, 5.41) is 21.9. The van der Waals surface area contributed by atoms with Crippen LogP contribution in [-0.2, 0) is 4.74 Å². The molecule has 4 N–H and O–H groups in total. The molecule has 3 rings (SSSR count). The quantitative estimate of drug-likeness (QED) is 0.576. The Hall–Kier alpha value is -0.200. The van der Waals surface area contributed by atoms with Crippen molar-refractivity contribution in [2.75, 3.05) is 21.1 Å². The molecule has 8 atom stereocenters. The lowest BCUT2D eigenvalue weighted by molar-refractivity contribution is -0.166. The highest BCUT2D eigenvalue weighted by Gasteiger charge is 2.60. The van der Waals surface area contributed by atoms with Crippen LogP contribution in [0.25, 0.3) is 0 Å². The Kier molecular flexibility index (Phi) is 6.02. The molecule has 5 nitrogen and oxygen atoms in total. The second-order valence-corrected chi connectivity index (χ2v) is 11.1. The highest BCUT2D eigenvalue weighted by atomic mass is 16.5. The molecular weight excluding hydrogens is 350 g/mol. The molecule has 28 heavy (non-hydrogen) atoms. The van der Waals surface area contributed by atoms with E-state index in [4.69, 9.17) is 4.74 Å². The van der Waals surface area contributed by atoms with E-state index in [2.05, 4.69) is 50.7 Å². The van der Waals surface area contributed by atoms with E-state index in [-0.39, 0.29) is 28.8 Å². The van der Waals surface area contributed by atoms with Gasteiger partial charge < -0.3 is 25.8 Å². The molecule has 8 unspecified atom stereocenters. The minimum Gasteiger partial charge on any atom is -0.389 e. The van der Waals surface area contributed by atoms with Gasteiger partial charge in [0, 0.05) is 17.1 Å². The van der Waals surface area contributed by atoms with Crippen LogP contribution in [-0.4, -0.2) is 60.7 Å². The Labute approximate surface area is 172 Å². The predicted molar refractivity (Wildman–Crippen MR) is 116 cm³/mol. The lowest BCUT2D eigenvalue weighted by Crippen LogP contribution is -2.68. The van der Waals surface area contributed by atoms with Gasteiger partial charge >= 0.3 is 0 Å². The lowest BCUT2D eigenvalue weighted by atomic mass is 9.51. The molecule has 2 saturated carbocycles. The van der Waals surface area contributed by atoms with E-state index in [1.54, 1.807) is 0 Å². The zero-order valence-electron chi connectivity index (χ0n) is 19.5. The van der Waals surface area contributed by atoms with E-state index in [9.17, 15) is 5.11 Å². The van der Waals surface area contributed by atoms with Crippen molar-refractivity contribution in [2.24, 2.45) is 17.8 Å². The fourth-order valence-corrected chi connectivity index (χ4v) is 6.86. The van der Waals surface area contributed by atoms with E-state index in [1.807, 2.05) is 21.0 Å². The second-order valence-electron chi connectivity index (χ2n) is 11.1. The van der Waals surface area contributed by atoms with Gasteiger partial charge in [0.1, 0.15) is 0 Å². The van der Waals surface area contributed by atoms with Crippen molar-refractivity contribution in [1.82, 2.24) is 16.0 Å². The van der Waals surface area contributed by atoms with Gasteiger partial charge in [-0.3, -0.25) is 0 Å². The summed E-state index contributed by atoms with van der Waals surface area (Å²) in [6.45, 7) is 11.2. The standard InChI is InChI=1S/C23H45N3O2/c1-20(2,25-7)17-11-14-23(5,28-17)16-9-12-21(3,26-8)15-10-13-22(4,27)19(24-6)18(15)16/h15-19,24-27H,9-14H2,1-8H3. The number of fused-ring (bicyclic) bond motifs is 1. The Balaban J connectivity index is 1.94. The third-order valence-corrected chi connectivity index (χ3v) is 9.17. The molecule has 0 radical (unpaired) electrons. The van der Waals surface area contributed by atoms with Crippen molar-refractivity contribution < 1.29 is 9.84 Å². The molecule has 0 aromatic heterocycles. The maximum absolute atomic E-state index is 11.2. The van der Waals surface area contributed by atoms with Crippen LogP contribution < -0.4 is 16.0 Å². The Morgan fingerprint density at radius 3 is 2.14 bits per heavy atom. The maximum atomic E-state index is 11.2. The average Bonchev–Trinajstić information content (AvgIpc) is 3.05. The molecule has 3 fully saturated rings. The minimum absolute atomic E-state index is 0.0220. The van der Waals surface area contributed by atoms with Crippen molar-refractivity contribution in [3.8, 4) is 0 Å². The first-order valence-electron chi connectivity index (χ1n) is 11.4. The first kappa shape index (κ1) is 22.5. The average molecular weight is 396 g/mol. The summed E-state index contributed by atoms with van der Waals surface area (Å²) in [4.78, 5) is 0. The van der Waals surface area contributed by atoms with Crippen LogP contribution in [0.1, 0.15) is 73.1 Å².